The van der Waals surface area contributed by atoms with Gasteiger partial charge in [0.1, 0.15) is 36.1 Å². The lowest BCUT2D eigenvalue weighted by Crippen LogP contribution is -2.46. The van der Waals surface area contributed by atoms with Gasteiger partial charge in [-0.1, -0.05) is 77.0 Å². The fourth-order valence-electron chi connectivity index (χ4n) is 6.98. The Bertz CT molecular complexity index is 1570. The molecule has 0 bridgehead atoms. The summed E-state index contributed by atoms with van der Waals surface area (Å²) in [4.78, 5) is 100.0. The molecule has 0 saturated heterocycles. The number of carbonyl (C=O) groups excluding carboxylic acids is 8. The van der Waals surface area contributed by atoms with Crippen LogP contribution in [-0.2, 0) is 76.3 Å². The zero-order valence-corrected chi connectivity index (χ0v) is 46.4. The summed E-state index contributed by atoms with van der Waals surface area (Å²) in [6, 6.07) is -2.01. The summed E-state index contributed by atoms with van der Waals surface area (Å²) in [5.74, 6) is -3.50. The van der Waals surface area contributed by atoms with Crippen LogP contribution in [0.2, 0.25) is 0 Å². The van der Waals surface area contributed by atoms with Crippen LogP contribution in [0.1, 0.15) is 191 Å². The Labute approximate surface area is 436 Å². The Morgan fingerprint density at radius 3 is 1.32 bits per heavy atom. The molecule has 0 aliphatic carbocycles. The number of rotatable bonds is 43. The van der Waals surface area contributed by atoms with Crippen molar-refractivity contribution in [2.45, 2.75) is 220 Å². The molecule has 0 aromatic rings. The number of esters is 4. The Morgan fingerprint density at radius 1 is 0.397 bits per heavy atom. The zero-order valence-electron chi connectivity index (χ0n) is 46.4. The number of methoxy groups -OCH3 is 1. The molecule has 0 rings (SSSR count). The van der Waals surface area contributed by atoms with Crippen LogP contribution in [0.15, 0.2) is 0 Å². The monoisotopic (exact) mass is 1040 g/mol. The maximum atomic E-state index is 13.3. The van der Waals surface area contributed by atoms with Crippen LogP contribution < -0.4 is 21.3 Å². The van der Waals surface area contributed by atoms with Gasteiger partial charge >= 0.3 is 23.9 Å². The minimum absolute atomic E-state index is 0.0631. The molecule has 0 heterocycles. The molecule has 0 fully saturated rings. The second-order valence-corrected chi connectivity index (χ2v) is 21.1. The Kier molecular flexibility index (Phi) is 38.5. The number of hydrogen-bond donors (Lipinski definition) is 4. The zero-order chi connectivity index (χ0) is 55.0. The summed E-state index contributed by atoms with van der Waals surface area (Å²) in [5, 5.41) is 10.8. The predicted molar refractivity (Wildman–Crippen MR) is 275 cm³/mol. The molecule has 0 aliphatic heterocycles. The van der Waals surface area contributed by atoms with E-state index in [0.29, 0.717) is 12.8 Å². The fraction of sp³-hybridized carbons (Fsp3) is 0.849. The van der Waals surface area contributed by atoms with E-state index >= 15 is 0 Å². The summed E-state index contributed by atoms with van der Waals surface area (Å²) in [5.41, 5.74) is -2.05. The highest BCUT2D eigenvalue weighted by Crippen LogP contribution is 2.17. The maximum Gasteiger partial charge on any atom is 0.331 e. The molecule has 2 atom stereocenters. The van der Waals surface area contributed by atoms with Crippen molar-refractivity contribution < 1.29 is 76.3 Å². The van der Waals surface area contributed by atoms with Crippen molar-refractivity contribution in [3.8, 4) is 0 Å². The van der Waals surface area contributed by atoms with Crippen molar-refractivity contribution >= 4 is 47.5 Å². The number of amides is 4. The standard InChI is InChI=1S/C53H96N4O16/c1-51(2,3)71-47(62)26-24-22-20-18-16-14-12-11-13-15-17-19-21-23-25-43(58)57-42(50(65)73-53(7,8)9)27-28-44(59)56-41(38-48(63)72-52(4,5)6)37-45(60)54-29-31-67-33-35-69-39-46(61)55-30-32-68-34-36-70-40-49(64)66-10/h41-42H,11-40H2,1-10H3,(H,54,60)(H,55,61)(H,56,59)(H,57,58)/t41?,42-/m0/s1. The van der Waals surface area contributed by atoms with Crippen molar-refractivity contribution in [2.24, 2.45) is 0 Å². The summed E-state index contributed by atoms with van der Waals surface area (Å²) >= 11 is 0. The number of unbranched alkanes of at least 4 members (excludes halogenated alkanes) is 13. The Hall–Kier alpha value is -4.40. The van der Waals surface area contributed by atoms with Gasteiger partial charge in [0.05, 0.1) is 53.2 Å². The highest BCUT2D eigenvalue weighted by Gasteiger charge is 2.29. The fourth-order valence-corrected chi connectivity index (χ4v) is 6.98. The van der Waals surface area contributed by atoms with E-state index in [0.717, 1.165) is 44.9 Å². The first-order valence-electron chi connectivity index (χ1n) is 26.6. The molecule has 0 spiro atoms. The first-order chi connectivity index (χ1) is 34.4. The van der Waals surface area contributed by atoms with Crippen LogP contribution in [0.25, 0.3) is 0 Å². The van der Waals surface area contributed by atoms with E-state index in [4.69, 9.17) is 33.2 Å². The van der Waals surface area contributed by atoms with Gasteiger partial charge in [0.25, 0.3) is 0 Å². The van der Waals surface area contributed by atoms with E-state index in [1.807, 2.05) is 20.8 Å². The van der Waals surface area contributed by atoms with Crippen molar-refractivity contribution in [2.75, 3.05) is 73.1 Å². The SMILES string of the molecule is COC(=O)COCCOCCNC(=O)COCCOCCNC(=O)CC(CC(=O)OC(C)(C)C)NC(=O)CC[C@H](NC(=O)CCCCCCCCCCCCCCCCC(=O)OC(C)(C)C)C(=O)OC(C)(C)C. The highest BCUT2D eigenvalue weighted by molar-refractivity contribution is 5.86. The molecule has 20 heteroatoms. The van der Waals surface area contributed by atoms with Crippen LogP contribution in [0.4, 0.5) is 0 Å². The molecular weight excluding hydrogens is 949 g/mol. The molecule has 0 radical (unpaired) electrons. The molecule has 0 aromatic carbocycles. The number of carbonyl (C=O) groups is 8. The molecule has 1 unspecified atom stereocenters. The third-order valence-electron chi connectivity index (χ3n) is 10.3. The Morgan fingerprint density at radius 2 is 0.822 bits per heavy atom. The molecule has 20 nitrogen and oxygen atoms in total. The largest absolute Gasteiger partial charge is 0.467 e. The summed E-state index contributed by atoms with van der Waals surface area (Å²) < 4.78 is 42.0. The van der Waals surface area contributed by atoms with E-state index in [1.54, 1.807) is 41.5 Å². The van der Waals surface area contributed by atoms with E-state index in [2.05, 4.69) is 26.0 Å². The minimum atomic E-state index is -1.08. The second kappa shape index (κ2) is 40.9. The second-order valence-electron chi connectivity index (χ2n) is 21.1. The van der Waals surface area contributed by atoms with Gasteiger partial charge in [-0.25, -0.2) is 9.59 Å². The van der Waals surface area contributed by atoms with Crippen LogP contribution in [0.3, 0.4) is 0 Å². The highest BCUT2D eigenvalue weighted by atomic mass is 16.6. The maximum absolute atomic E-state index is 13.3. The first kappa shape index (κ1) is 68.6. The number of hydrogen-bond acceptors (Lipinski definition) is 16. The molecule has 4 amide bonds. The Balaban J connectivity index is 4.66. The van der Waals surface area contributed by atoms with Crippen LogP contribution in [-0.4, -0.2) is 149 Å². The van der Waals surface area contributed by atoms with Gasteiger partial charge in [-0.15, -0.1) is 0 Å². The molecule has 0 aliphatic rings. The number of ether oxygens (including phenoxy) is 8. The lowest BCUT2D eigenvalue weighted by molar-refractivity contribution is -0.159. The molecular formula is C53H96N4O16. The molecule has 0 aromatic heterocycles. The normalized spacial score (nSPS) is 12.5. The lowest BCUT2D eigenvalue weighted by Gasteiger charge is -2.25. The smallest absolute Gasteiger partial charge is 0.331 e. The van der Waals surface area contributed by atoms with Gasteiger partial charge in [-0.2, -0.15) is 0 Å². The van der Waals surface area contributed by atoms with Crippen molar-refractivity contribution in [1.82, 2.24) is 21.3 Å². The van der Waals surface area contributed by atoms with Gasteiger partial charge < -0.3 is 59.2 Å². The van der Waals surface area contributed by atoms with E-state index in [1.165, 1.54) is 45.6 Å². The van der Waals surface area contributed by atoms with Gasteiger partial charge in [0.2, 0.25) is 23.6 Å². The van der Waals surface area contributed by atoms with Crippen molar-refractivity contribution in [3.05, 3.63) is 0 Å². The third kappa shape index (κ3) is 47.1. The summed E-state index contributed by atoms with van der Waals surface area (Å²) in [6.07, 6.45) is 15.1. The average Bonchev–Trinajstić information content (AvgIpc) is 3.27. The first-order valence-corrected chi connectivity index (χ1v) is 26.6. The average molecular weight is 1050 g/mol. The van der Waals surface area contributed by atoms with Crippen LogP contribution in [0.5, 0.6) is 0 Å². The lowest BCUT2D eigenvalue weighted by atomic mass is 10.0. The van der Waals surface area contributed by atoms with E-state index < -0.39 is 58.6 Å². The topological polar surface area (TPSA) is 259 Å². The summed E-state index contributed by atoms with van der Waals surface area (Å²) in [6.45, 7) is 17.1. The molecule has 4 N–H and O–H groups in total. The quantitative estimate of drug-likeness (QED) is 0.0299. The molecule has 73 heavy (non-hydrogen) atoms. The van der Waals surface area contributed by atoms with E-state index in [9.17, 15) is 38.4 Å². The molecule has 0 saturated carbocycles. The van der Waals surface area contributed by atoms with E-state index in [-0.39, 0.29) is 116 Å². The van der Waals surface area contributed by atoms with Gasteiger partial charge in [-0.05, 0) is 81.6 Å². The third-order valence-corrected chi connectivity index (χ3v) is 10.3. The number of nitrogens with one attached hydrogen (secondary N) is 4. The summed E-state index contributed by atoms with van der Waals surface area (Å²) in [7, 11) is 1.27. The molecule has 424 valence electrons. The van der Waals surface area contributed by atoms with Gasteiger partial charge in [0.15, 0.2) is 0 Å². The van der Waals surface area contributed by atoms with Crippen LogP contribution >= 0.6 is 0 Å². The predicted octanol–water partition coefficient (Wildman–Crippen LogP) is 6.25. The van der Waals surface area contributed by atoms with Crippen LogP contribution in [0, 0.1) is 0 Å². The van der Waals surface area contributed by atoms with Crippen molar-refractivity contribution in [1.29, 1.82) is 0 Å². The minimum Gasteiger partial charge on any atom is -0.467 e. The van der Waals surface area contributed by atoms with Crippen molar-refractivity contribution in [3.63, 3.8) is 0 Å². The van der Waals surface area contributed by atoms with Gasteiger partial charge in [0, 0.05) is 44.8 Å². The van der Waals surface area contributed by atoms with Gasteiger partial charge in [-0.3, -0.25) is 28.8 Å².